The van der Waals surface area contributed by atoms with Gasteiger partial charge >= 0.3 is 6.03 Å². The number of anilines is 1. The second-order valence-electron chi connectivity index (χ2n) is 9.96. The molecule has 3 fully saturated rings. The van der Waals surface area contributed by atoms with E-state index in [1.807, 2.05) is 24.3 Å². The van der Waals surface area contributed by atoms with E-state index in [2.05, 4.69) is 29.4 Å². The van der Waals surface area contributed by atoms with Gasteiger partial charge in [0.2, 0.25) is 5.91 Å². The lowest BCUT2D eigenvalue weighted by Gasteiger charge is -2.34. The number of piperidine rings is 1. The monoisotopic (exact) mass is 440 g/mol. The summed E-state index contributed by atoms with van der Waals surface area (Å²) >= 11 is 0. The molecule has 0 atom stereocenters. The maximum absolute atomic E-state index is 13.0. The molecule has 0 unspecified atom stereocenters. The highest BCUT2D eigenvalue weighted by atomic mass is 16.2. The lowest BCUT2D eigenvalue weighted by Crippen LogP contribution is -2.49. The fourth-order valence-corrected chi connectivity index (χ4v) is 5.25. The zero-order valence-corrected chi connectivity index (χ0v) is 19.4. The summed E-state index contributed by atoms with van der Waals surface area (Å²) in [7, 11) is 0. The van der Waals surface area contributed by atoms with Crippen molar-refractivity contribution >= 4 is 23.5 Å². The number of hydrogen-bond acceptors (Lipinski definition) is 4. The summed E-state index contributed by atoms with van der Waals surface area (Å²) < 4.78 is 0. The van der Waals surface area contributed by atoms with Crippen molar-refractivity contribution < 1.29 is 14.4 Å². The van der Waals surface area contributed by atoms with Gasteiger partial charge in [-0.25, -0.2) is 4.79 Å². The minimum Gasteiger partial charge on any atom is -0.325 e. The zero-order chi connectivity index (χ0) is 22.7. The highest BCUT2D eigenvalue weighted by molar-refractivity contribution is 6.10. The molecule has 2 saturated heterocycles. The van der Waals surface area contributed by atoms with Crippen LogP contribution in [-0.4, -0.2) is 52.8 Å². The number of hydrogen-bond donors (Lipinski definition) is 2. The predicted molar refractivity (Wildman–Crippen MR) is 124 cm³/mol. The third kappa shape index (κ3) is 4.98. The van der Waals surface area contributed by atoms with Crippen LogP contribution in [-0.2, 0) is 16.1 Å². The first kappa shape index (κ1) is 22.8. The zero-order valence-electron chi connectivity index (χ0n) is 19.4. The molecule has 4 rings (SSSR count). The van der Waals surface area contributed by atoms with E-state index in [0.717, 1.165) is 49.7 Å². The Balaban J connectivity index is 1.29. The van der Waals surface area contributed by atoms with Crippen molar-refractivity contribution in [2.75, 3.05) is 25.0 Å². The van der Waals surface area contributed by atoms with Crippen molar-refractivity contribution in [1.82, 2.24) is 15.1 Å². The summed E-state index contributed by atoms with van der Waals surface area (Å²) in [5, 5.41) is 5.71. The fourth-order valence-electron chi connectivity index (χ4n) is 5.25. The van der Waals surface area contributed by atoms with Gasteiger partial charge in [0, 0.05) is 12.2 Å². The first-order chi connectivity index (χ1) is 15.4. The first-order valence-electron chi connectivity index (χ1n) is 12.1. The van der Waals surface area contributed by atoms with E-state index in [4.69, 9.17) is 0 Å². The number of nitrogens with zero attached hydrogens (tertiary/aromatic N) is 2. The molecular formula is C25H36N4O3. The second kappa shape index (κ2) is 9.61. The van der Waals surface area contributed by atoms with Crippen molar-refractivity contribution in [3.63, 3.8) is 0 Å². The van der Waals surface area contributed by atoms with Crippen LogP contribution in [0.4, 0.5) is 10.5 Å². The van der Waals surface area contributed by atoms with E-state index in [1.54, 1.807) is 0 Å². The largest absolute Gasteiger partial charge is 0.325 e. The van der Waals surface area contributed by atoms with Crippen LogP contribution in [0.1, 0.15) is 64.4 Å². The van der Waals surface area contributed by atoms with Crippen LogP contribution in [0.2, 0.25) is 0 Å². The summed E-state index contributed by atoms with van der Waals surface area (Å²) in [6, 6.07) is 7.38. The number of imide groups is 1. The second-order valence-corrected chi connectivity index (χ2v) is 9.96. The molecule has 2 aliphatic heterocycles. The molecule has 0 bridgehead atoms. The topological polar surface area (TPSA) is 81.8 Å². The molecule has 1 aliphatic carbocycles. The molecule has 174 valence electrons. The van der Waals surface area contributed by atoms with Gasteiger partial charge in [-0.1, -0.05) is 32.4 Å². The first-order valence-corrected chi connectivity index (χ1v) is 12.1. The van der Waals surface area contributed by atoms with E-state index in [9.17, 15) is 14.4 Å². The van der Waals surface area contributed by atoms with Crippen molar-refractivity contribution in [2.24, 2.45) is 11.8 Å². The number of rotatable bonds is 6. The minimum absolute atomic E-state index is 0.251. The minimum atomic E-state index is -0.809. The molecule has 1 aromatic carbocycles. The van der Waals surface area contributed by atoms with E-state index >= 15 is 0 Å². The van der Waals surface area contributed by atoms with Gasteiger partial charge in [-0.3, -0.25) is 19.4 Å². The Hall–Kier alpha value is -2.41. The summed E-state index contributed by atoms with van der Waals surface area (Å²) in [6.45, 7) is 7.40. The number of nitrogens with one attached hydrogen (secondary N) is 2. The molecule has 2 N–H and O–H groups in total. The maximum Gasteiger partial charge on any atom is 0.325 e. The average molecular weight is 441 g/mol. The van der Waals surface area contributed by atoms with Gasteiger partial charge in [-0.05, 0) is 81.1 Å². The number of urea groups is 1. The van der Waals surface area contributed by atoms with Crippen molar-refractivity contribution in [3.8, 4) is 0 Å². The average Bonchev–Trinajstić information content (AvgIpc) is 3.01. The van der Waals surface area contributed by atoms with Crippen LogP contribution in [0.15, 0.2) is 24.3 Å². The van der Waals surface area contributed by atoms with Crippen molar-refractivity contribution in [2.45, 2.75) is 70.9 Å². The number of benzene rings is 1. The number of carbonyl (C=O) groups is 3. The summed E-state index contributed by atoms with van der Waals surface area (Å²) in [5.41, 5.74) is 1.09. The number of carbonyl (C=O) groups excluding carboxylic acids is 3. The Morgan fingerprint density at radius 3 is 2.38 bits per heavy atom. The molecule has 3 aliphatic rings. The molecule has 1 spiro atoms. The SMILES string of the molecule is CCC1CCC2(CC1)NC(=O)N(CC(=O)Nc1ccc(CN3CCC(C)CC3)cc1)C2=O. The standard InChI is InChI=1S/C25H36N4O3/c1-3-19-8-12-25(13-9-19)23(31)29(24(32)27-25)17-22(30)26-21-6-4-20(5-7-21)16-28-14-10-18(2)11-15-28/h4-7,18-19H,3,8-17H2,1-2H3,(H,26,30)(H,27,32). The molecule has 32 heavy (non-hydrogen) atoms. The van der Waals surface area contributed by atoms with Crippen molar-refractivity contribution in [1.29, 1.82) is 0 Å². The predicted octanol–water partition coefficient (Wildman–Crippen LogP) is 3.75. The summed E-state index contributed by atoms with van der Waals surface area (Å²) in [4.78, 5) is 41.6. The molecule has 0 aromatic heterocycles. The normalized spacial score (nSPS) is 27.1. The van der Waals surface area contributed by atoms with E-state index in [-0.39, 0.29) is 18.4 Å². The van der Waals surface area contributed by atoms with Gasteiger partial charge in [0.25, 0.3) is 5.91 Å². The molecule has 4 amide bonds. The summed E-state index contributed by atoms with van der Waals surface area (Å²) in [5.74, 6) is 0.822. The highest BCUT2D eigenvalue weighted by Gasteiger charge is 2.52. The van der Waals surface area contributed by atoms with Crippen LogP contribution in [0.5, 0.6) is 0 Å². The molecule has 2 heterocycles. The van der Waals surface area contributed by atoms with Gasteiger partial charge in [-0.15, -0.1) is 0 Å². The number of amides is 4. The Morgan fingerprint density at radius 2 is 1.75 bits per heavy atom. The van der Waals surface area contributed by atoms with Gasteiger partial charge in [-0.2, -0.15) is 0 Å². The summed E-state index contributed by atoms with van der Waals surface area (Å²) in [6.07, 6.45) is 6.78. The van der Waals surface area contributed by atoms with Crippen LogP contribution in [0.3, 0.4) is 0 Å². The molecular weight excluding hydrogens is 404 g/mol. The molecule has 0 radical (unpaired) electrons. The fraction of sp³-hybridized carbons (Fsp3) is 0.640. The smallest absolute Gasteiger partial charge is 0.325 e. The number of likely N-dealkylation sites (tertiary alicyclic amines) is 1. The Kier molecular flexibility index (Phi) is 6.84. The van der Waals surface area contributed by atoms with Crippen LogP contribution in [0, 0.1) is 11.8 Å². The molecule has 7 nitrogen and oxygen atoms in total. The molecule has 1 saturated carbocycles. The third-order valence-corrected chi connectivity index (χ3v) is 7.60. The highest BCUT2D eigenvalue weighted by Crippen LogP contribution is 2.37. The maximum atomic E-state index is 13.0. The Bertz CT molecular complexity index is 837. The Labute approximate surface area is 190 Å². The van der Waals surface area contributed by atoms with Gasteiger partial charge in [0.15, 0.2) is 0 Å². The lowest BCUT2D eigenvalue weighted by atomic mass is 9.75. The van der Waals surface area contributed by atoms with Gasteiger partial charge in [0.05, 0.1) is 0 Å². The van der Waals surface area contributed by atoms with E-state index in [1.165, 1.54) is 18.4 Å². The van der Waals surface area contributed by atoms with Gasteiger partial charge in [0.1, 0.15) is 12.1 Å². The van der Waals surface area contributed by atoms with Crippen LogP contribution in [0.25, 0.3) is 0 Å². The lowest BCUT2D eigenvalue weighted by molar-refractivity contribution is -0.135. The van der Waals surface area contributed by atoms with Crippen molar-refractivity contribution in [3.05, 3.63) is 29.8 Å². The van der Waals surface area contributed by atoms with E-state index in [0.29, 0.717) is 24.4 Å². The quantitative estimate of drug-likeness (QED) is 0.660. The van der Waals surface area contributed by atoms with Crippen LogP contribution < -0.4 is 10.6 Å². The van der Waals surface area contributed by atoms with E-state index < -0.39 is 11.6 Å². The Morgan fingerprint density at radius 1 is 1.09 bits per heavy atom. The third-order valence-electron chi connectivity index (χ3n) is 7.60. The van der Waals surface area contributed by atoms with Gasteiger partial charge < -0.3 is 10.6 Å². The van der Waals surface area contributed by atoms with Crippen LogP contribution >= 0.6 is 0 Å². The molecule has 7 heteroatoms. The molecule has 1 aromatic rings.